The number of carbonyl (C=O) groups excluding carboxylic acids is 2. The summed E-state index contributed by atoms with van der Waals surface area (Å²) in [7, 11) is -4.12. The molecule has 0 radical (unpaired) electrons. The molecule has 1 fully saturated rings. The average Bonchev–Trinajstić information content (AvgIpc) is 2.96. The number of nitrogens with one attached hydrogen (secondary N) is 1. The Morgan fingerprint density at radius 3 is 2.20 bits per heavy atom. The highest BCUT2D eigenvalue weighted by molar-refractivity contribution is 9.10. The molecule has 1 aliphatic carbocycles. The summed E-state index contributed by atoms with van der Waals surface area (Å²) in [6.45, 7) is 1.12. The number of hydrogen-bond donors (Lipinski definition) is 1. The van der Waals surface area contributed by atoms with Crippen LogP contribution >= 0.6 is 15.9 Å². The molecule has 7 nitrogen and oxygen atoms in total. The molecule has 1 atom stereocenters. The minimum absolute atomic E-state index is 0.0118. The Hall–Kier alpha value is -3.24. The molecule has 0 heterocycles. The van der Waals surface area contributed by atoms with E-state index in [9.17, 15) is 22.4 Å². The van der Waals surface area contributed by atoms with Crippen LogP contribution in [-0.2, 0) is 26.2 Å². The number of nitrogens with zero attached hydrogens (tertiary/aromatic N) is 2. The monoisotopic (exact) mass is 629 g/mol. The van der Waals surface area contributed by atoms with Crippen LogP contribution in [0.25, 0.3) is 0 Å². The van der Waals surface area contributed by atoms with Gasteiger partial charge in [-0.2, -0.15) is 0 Å². The smallest absolute Gasteiger partial charge is 0.264 e. The van der Waals surface area contributed by atoms with Gasteiger partial charge in [-0.25, -0.2) is 12.8 Å². The van der Waals surface area contributed by atoms with Gasteiger partial charge in [0, 0.05) is 17.1 Å². The van der Waals surface area contributed by atoms with Crippen LogP contribution in [-0.4, -0.2) is 43.8 Å². The predicted molar refractivity (Wildman–Crippen MR) is 157 cm³/mol. The van der Waals surface area contributed by atoms with Gasteiger partial charge in [-0.1, -0.05) is 65.5 Å². The van der Waals surface area contributed by atoms with E-state index >= 15 is 0 Å². The van der Waals surface area contributed by atoms with Crippen molar-refractivity contribution < 1.29 is 22.4 Å². The third-order valence-electron chi connectivity index (χ3n) is 7.11. The van der Waals surface area contributed by atoms with Crippen LogP contribution in [0.4, 0.5) is 10.1 Å². The van der Waals surface area contributed by atoms with E-state index in [4.69, 9.17) is 0 Å². The van der Waals surface area contributed by atoms with Gasteiger partial charge in [0.15, 0.2) is 0 Å². The Morgan fingerprint density at radius 1 is 0.950 bits per heavy atom. The van der Waals surface area contributed by atoms with Gasteiger partial charge in [-0.3, -0.25) is 13.9 Å². The third-order valence-corrected chi connectivity index (χ3v) is 9.43. The number of amides is 2. The first-order chi connectivity index (χ1) is 19.1. The summed E-state index contributed by atoms with van der Waals surface area (Å²) in [5, 5.41) is 3.07. The molecule has 212 valence electrons. The lowest BCUT2D eigenvalue weighted by Crippen LogP contribution is -2.53. The quantitative estimate of drug-likeness (QED) is 0.314. The zero-order valence-electron chi connectivity index (χ0n) is 22.3. The third kappa shape index (κ3) is 7.48. The molecule has 0 unspecified atom stereocenters. The highest BCUT2D eigenvalue weighted by Gasteiger charge is 2.33. The maximum absolute atomic E-state index is 13.9. The lowest BCUT2D eigenvalue weighted by atomic mass is 9.95. The van der Waals surface area contributed by atoms with Crippen LogP contribution in [0.5, 0.6) is 0 Å². The Kier molecular flexibility index (Phi) is 9.97. The van der Waals surface area contributed by atoms with Crippen LogP contribution in [0.1, 0.15) is 44.6 Å². The van der Waals surface area contributed by atoms with Gasteiger partial charge in [-0.15, -0.1) is 0 Å². The molecule has 4 rings (SSSR count). The summed E-state index contributed by atoms with van der Waals surface area (Å²) >= 11 is 3.37. The van der Waals surface area contributed by atoms with Crippen LogP contribution in [0, 0.1) is 5.82 Å². The Morgan fingerprint density at radius 2 is 1.57 bits per heavy atom. The second-order valence-corrected chi connectivity index (χ2v) is 12.7. The Labute approximate surface area is 243 Å². The minimum Gasteiger partial charge on any atom is -0.352 e. The van der Waals surface area contributed by atoms with Crippen molar-refractivity contribution in [3.63, 3.8) is 0 Å². The molecule has 0 aliphatic heterocycles. The Bertz CT molecular complexity index is 1400. The lowest BCUT2D eigenvalue weighted by Gasteiger charge is -2.33. The van der Waals surface area contributed by atoms with Crippen molar-refractivity contribution in [3.8, 4) is 0 Å². The molecule has 1 aliphatic rings. The number of sulfonamides is 1. The SMILES string of the molecule is C[C@H](C(=O)NC1CCCCC1)N(Cc1ccc(F)cc1)C(=O)CN(c1ccc(Br)cc1)S(=O)(=O)c1ccccc1. The number of anilines is 1. The number of hydrogen-bond acceptors (Lipinski definition) is 4. The van der Waals surface area contributed by atoms with Gasteiger partial charge in [0.05, 0.1) is 10.6 Å². The lowest BCUT2D eigenvalue weighted by molar-refractivity contribution is -0.139. The zero-order valence-corrected chi connectivity index (χ0v) is 24.7. The minimum atomic E-state index is -4.12. The van der Waals surface area contributed by atoms with Crippen LogP contribution in [0.2, 0.25) is 0 Å². The fourth-order valence-electron chi connectivity index (χ4n) is 4.79. The first-order valence-corrected chi connectivity index (χ1v) is 15.6. The van der Waals surface area contributed by atoms with Crippen molar-refractivity contribution in [3.05, 3.63) is 94.7 Å². The fraction of sp³-hybridized carbons (Fsp3) is 0.333. The first kappa shape index (κ1) is 29.7. The van der Waals surface area contributed by atoms with E-state index < -0.39 is 34.3 Å². The van der Waals surface area contributed by atoms with Crippen LogP contribution in [0.15, 0.2) is 88.2 Å². The number of benzene rings is 3. The summed E-state index contributed by atoms with van der Waals surface area (Å²) in [6.07, 6.45) is 4.99. The zero-order chi connectivity index (χ0) is 28.7. The summed E-state index contributed by atoms with van der Waals surface area (Å²) < 4.78 is 42.9. The van der Waals surface area contributed by atoms with E-state index in [1.165, 1.54) is 29.2 Å². The van der Waals surface area contributed by atoms with E-state index in [-0.39, 0.29) is 23.4 Å². The second-order valence-electron chi connectivity index (χ2n) is 9.97. The normalized spacial score (nSPS) is 14.8. The van der Waals surface area contributed by atoms with Crippen molar-refractivity contribution in [1.82, 2.24) is 10.2 Å². The van der Waals surface area contributed by atoms with E-state index in [1.807, 2.05) is 0 Å². The van der Waals surface area contributed by atoms with E-state index in [1.54, 1.807) is 61.5 Å². The van der Waals surface area contributed by atoms with Crippen LogP contribution < -0.4 is 9.62 Å². The van der Waals surface area contributed by atoms with Gasteiger partial charge >= 0.3 is 0 Å². The molecule has 1 N–H and O–H groups in total. The molecule has 1 saturated carbocycles. The summed E-state index contributed by atoms with van der Waals surface area (Å²) in [4.78, 5) is 28.6. The molecule has 2 amide bonds. The standard InChI is InChI=1S/C30H33BrFN3O4S/c1-22(30(37)33-26-8-4-2-5-9-26)34(20-23-12-16-25(32)17-13-23)29(36)21-35(27-18-14-24(31)15-19-27)40(38,39)28-10-6-3-7-11-28/h3,6-7,10-19,22,26H,2,4-5,8-9,20-21H2,1H3,(H,33,37)/t22-/m1/s1. The molecule has 40 heavy (non-hydrogen) atoms. The first-order valence-electron chi connectivity index (χ1n) is 13.3. The van der Waals surface area contributed by atoms with Gasteiger partial charge in [0.25, 0.3) is 10.0 Å². The molecule has 3 aromatic rings. The fourth-order valence-corrected chi connectivity index (χ4v) is 6.49. The molecular weight excluding hydrogens is 597 g/mol. The van der Waals surface area contributed by atoms with Crippen molar-refractivity contribution in [1.29, 1.82) is 0 Å². The van der Waals surface area contributed by atoms with Crippen molar-refractivity contribution in [2.24, 2.45) is 0 Å². The summed E-state index contributed by atoms with van der Waals surface area (Å²) in [6, 6.07) is 19.4. The molecule has 0 spiro atoms. The van der Waals surface area contributed by atoms with Gasteiger partial charge in [0.2, 0.25) is 11.8 Å². The molecule has 0 aromatic heterocycles. The molecule has 3 aromatic carbocycles. The predicted octanol–water partition coefficient (Wildman–Crippen LogP) is 5.65. The number of rotatable bonds is 10. The summed E-state index contributed by atoms with van der Waals surface area (Å²) in [5.41, 5.74) is 0.926. The molecule has 0 bridgehead atoms. The molecule has 10 heteroatoms. The van der Waals surface area contributed by atoms with Gasteiger partial charge < -0.3 is 10.2 Å². The van der Waals surface area contributed by atoms with Gasteiger partial charge in [0.1, 0.15) is 18.4 Å². The maximum Gasteiger partial charge on any atom is 0.264 e. The largest absolute Gasteiger partial charge is 0.352 e. The van der Waals surface area contributed by atoms with E-state index in [0.29, 0.717) is 11.3 Å². The summed E-state index contributed by atoms with van der Waals surface area (Å²) in [5.74, 6) is -1.28. The van der Waals surface area contributed by atoms with E-state index in [0.717, 1.165) is 40.9 Å². The highest BCUT2D eigenvalue weighted by Crippen LogP contribution is 2.26. The molecular formula is C30H33BrFN3O4S. The van der Waals surface area contributed by atoms with Gasteiger partial charge in [-0.05, 0) is 73.9 Å². The maximum atomic E-state index is 13.9. The molecule has 0 saturated heterocycles. The van der Waals surface area contributed by atoms with E-state index in [2.05, 4.69) is 21.2 Å². The van der Waals surface area contributed by atoms with Crippen molar-refractivity contribution in [2.45, 2.75) is 62.6 Å². The second kappa shape index (κ2) is 13.4. The van der Waals surface area contributed by atoms with Crippen molar-refractivity contribution in [2.75, 3.05) is 10.8 Å². The van der Waals surface area contributed by atoms with Crippen molar-refractivity contribution >= 4 is 43.5 Å². The van der Waals surface area contributed by atoms with Crippen LogP contribution in [0.3, 0.4) is 0 Å². The number of halogens is 2. The highest BCUT2D eigenvalue weighted by atomic mass is 79.9. The average molecular weight is 631 g/mol. The topological polar surface area (TPSA) is 86.8 Å². The Balaban J connectivity index is 1.65. The number of carbonyl (C=O) groups is 2.